The molecule has 0 spiro atoms. The summed E-state index contributed by atoms with van der Waals surface area (Å²) in [6, 6.07) is 12.5. The first-order valence-electron chi connectivity index (χ1n) is 8.25. The number of fused-ring (bicyclic) bond motifs is 1. The van der Waals surface area contributed by atoms with Gasteiger partial charge < -0.3 is 10.8 Å². The Morgan fingerprint density at radius 3 is 2.37 bits per heavy atom. The molecular formula is C19H19N2NaO6S2. The first-order chi connectivity index (χ1) is 13.5. The van der Waals surface area contributed by atoms with Crippen LogP contribution in [0.25, 0.3) is 10.8 Å². The fourth-order valence-electron chi connectivity index (χ4n) is 2.94. The predicted octanol–water partition coefficient (Wildman–Crippen LogP) is 2.39. The van der Waals surface area contributed by atoms with Gasteiger partial charge in [0.05, 0.1) is 4.90 Å². The number of nitrogens with two attached hydrogens (primary N) is 1. The summed E-state index contributed by atoms with van der Waals surface area (Å²) in [7, 11) is -8.62. The second-order valence-electron chi connectivity index (χ2n) is 6.33. The number of phenolic OH excluding ortho intramolecular Hbond substituents is 1. The summed E-state index contributed by atoms with van der Waals surface area (Å²) >= 11 is 0. The number of hydrogen-bond acceptors (Lipinski definition) is 6. The minimum absolute atomic E-state index is 0. The van der Waals surface area contributed by atoms with Crippen LogP contribution in [-0.4, -0.2) is 56.1 Å². The van der Waals surface area contributed by atoms with E-state index in [1.165, 1.54) is 24.3 Å². The van der Waals surface area contributed by atoms with Crippen LogP contribution in [0.5, 0.6) is 5.75 Å². The van der Waals surface area contributed by atoms with Crippen LogP contribution < -0.4 is 10.5 Å². The zero-order valence-corrected chi connectivity index (χ0v) is 16.6. The van der Waals surface area contributed by atoms with E-state index >= 15 is 0 Å². The van der Waals surface area contributed by atoms with Crippen LogP contribution in [0.1, 0.15) is 10.8 Å². The molecular weight excluding hydrogens is 439 g/mol. The van der Waals surface area contributed by atoms with Crippen molar-refractivity contribution in [2.75, 3.05) is 10.5 Å². The van der Waals surface area contributed by atoms with Crippen LogP contribution in [0.3, 0.4) is 0 Å². The van der Waals surface area contributed by atoms with Crippen molar-refractivity contribution in [1.29, 1.82) is 0 Å². The summed E-state index contributed by atoms with van der Waals surface area (Å²) in [4.78, 5) is -0.452. The van der Waals surface area contributed by atoms with Gasteiger partial charge in [-0.25, -0.2) is 8.42 Å². The second kappa shape index (κ2) is 8.96. The second-order valence-corrected chi connectivity index (χ2v) is 9.55. The van der Waals surface area contributed by atoms with Crippen molar-refractivity contribution >= 4 is 71.8 Å². The van der Waals surface area contributed by atoms with Crippen LogP contribution in [0.15, 0.2) is 72.1 Å². The van der Waals surface area contributed by atoms with E-state index in [1.54, 1.807) is 24.3 Å². The summed E-state index contributed by atoms with van der Waals surface area (Å²) in [6.45, 7) is 3.57. The first kappa shape index (κ1) is 24.2. The zero-order chi connectivity index (χ0) is 21.4. The van der Waals surface area contributed by atoms with Crippen molar-refractivity contribution in [2.45, 2.75) is 10.1 Å². The van der Waals surface area contributed by atoms with Gasteiger partial charge in [0.2, 0.25) is 10.0 Å². The van der Waals surface area contributed by atoms with Gasteiger partial charge in [-0.3, -0.25) is 9.27 Å². The maximum atomic E-state index is 12.9. The molecule has 0 aliphatic heterocycles. The Morgan fingerprint density at radius 1 is 1.03 bits per heavy atom. The molecule has 0 bridgehead atoms. The fraction of sp³-hybridized carbons (Fsp3) is 0.0526. The van der Waals surface area contributed by atoms with E-state index in [1.807, 2.05) is 0 Å². The molecule has 5 N–H and O–H groups in total. The van der Waals surface area contributed by atoms with Crippen molar-refractivity contribution in [3.63, 3.8) is 0 Å². The van der Waals surface area contributed by atoms with Crippen molar-refractivity contribution in [1.82, 2.24) is 0 Å². The van der Waals surface area contributed by atoms with Crippen molar-refractivity contribution in [3.8, 4) is 5.75 Å². The average Bonchev–Trinajstić information content (AvgIpc) is 2.60. The predicted molar refractivity (Wildman–Crippen MR) is 119 cm³/mol. The zero-order valence-electron chi connectivity index (χ0n) is 15.0. The summed E-state index contributed by atoms with van der Waals surface area (Å²) in [6.07, 6.45) is 1.18. The molecule has 0 fully saturated rings. The number of benzene rings is 3. The Labute approximate surface area is 196 Å². The van der Waals surface area contributed by atoms with Gasteiger partial charge >= 0.3 is 29.6 Å². The van der Waals surface area contributed by atoms with Gasteiger partial charge in [-0.1, -0.05) is 12.1 Å². The molecule has 0 radical (unpaired) electrons. The summed E-state index contributed by atoms with van der Waals surface area (Å²) in [5, 5.41) is 10.1. The van der Waals surface area contributed by atoms with Gasteiger partial charge in [0.15, 0.2) is 0 Å². The molecule has 1 atom stereocenters. The van der Waals surface area contributed by atoms with E-state index in [0.29, 0.717) is 16.5 Å². The first-order valence-corrected chi connectivity index (χ1v) is 11.2. The van der Waals surface area contributed by atoms with Crippen LogP contribution in [0, 0.1) is 0 Å². The topological polar surface area (TPSA) is 147 Å². The van der Waals surface area contributed by atoms with Crippen molar-refractivity contribution in [2.24, 2.45) is 0 Å². The molecule has 0 aliphatic carbocycles. The number of phenols is 1. The SMILES string of the molecule is C=CC(c1cc(O)c2ccc(N)cc2c1)S(=O)(=O)Nc1cccc(S(=O)(=O)O)c1.[NaH]. The molecule has 0 aromatic heterocycles. The molecule has 0 heterocycles. The quantitative estimate of drug-likeness (QED) is 0.192. The van der Waals surface area contributed by atoms with Crippen molar-refractivity contribution in [3.05, 3.63) is 72.8 Å². The molecule has 0 amide bonds. The fourth-order valence-corrected chi connectivity index (χ4v) is 4.80. The molecule has 8 nitrogen and oxygen atoms in total. The number of hydrogen-bond donors (Lipinski definition) is 4. The summed E-state index contributed by atoms with van der Waals surface area (Å²) < 4.78 is 59.8. The standard InChI is InChI=1S/C19H18N2O6S2.Na.H/c1-2-19(13-8-12-9-14(20)6-7-17(12)18(22)10-13)28(23,24)21-15-4-3-5-16(11-15)29(25,26)27;;/h2-11,19,21-22H,1,20H2,(H,25,26,27);;. The third-order valence-electron chi connectivity index (χ3n) is 4.25. The van der Waals surface area contributed by atoms with Crippen LogP contribution in [-0.2, 0) is 20.1 Å². The molecule has 3 aromatic rings. The molecule has 154 valence electrons. The van der Waals surface area contributed by atoms with E-state index in [2.05, 4.69) is 11.3 Å². The van der Waals surface area contributed by atoms with Gasteiger partial charge in [0.1, 0.15) is 11.0 Å². The summed E-state index contributed by atoms with van der Waals surface area (Å²) in [5.74, 6) is -0.118. The van der Waals surface area contributed by atoms with E-state index in [4.69, 9.17) is 10.3 Å². The molecule has 3 aromatic carbocycles. The van der Waals surface area contributed by atoms with E-state index in [0.717, 1.165) is 12.1 Å². The molecule has 3 rings (SSSR count). The van der Waals surface area contributed by atoms with Crippen LogP contribution in [0.2, 0.25) is 0 Å². The maximum absolute atomic E-state index is 12.9. The number of sulfonamides is 1. The van der Waals surface area contributed by atoms with Gasteiger partial charge in [-0.15, -0.1) is 6.58 Å². The Kier molecular flexibility index (Phi) is 7.23. The van der Waals surface area contributed by atoms with Crippen molar-refractivity contribution < 1.29 is 26.5 Å². The normalized spacial score (nSPS) is 12.7. The Morgan fingerprint density at radius 2 is 1.73 bits per heavy atom. The van der Waals surface area contributed by atoms with Gasteiger partial charge in [0, 0.05) is 16.8 Å². The Bertz CT molecular complexity index is 1320. The third-order valence-corrected chi connectivity index (χ3v) is 6.75. The molecule has 0 saturated heterocycles. The van der Waals surface area contributed by atoms with E-state index in [-0.39, 0.29) is 46.6 Å². The summed E-state index contributed by atoms with van der Waals surface area (Å²) in [5.41, 5.74) is 6.41. The van der Waals surface area contributed by atoms with Gasteiger partial charge in [-0.2, -0.15) is 8.42 Å². The average molecular weight is 458 g/mol. The monoisotopic (exact) mass is 458 g/mol. The third kappa shape index (κ3) is 5.15. The minimum atomic E-state index is -4.49. The molecule has 11 heteroatoms. The Hall–Kier alpha value is -2.08. The van der Waals surface area contributed by atoms with Crippen LogP contribution in [0.4, 0.5) is 11.4 Å². The number of nitrogen functional groups attached to an aromatic ring is 1. The van der Waals surface area contributed by atoms with Gasteiger partial charge in [-0.05, 0) is 59.5 Å². The van der Waals surface area contributed by atoms with E-state index < -0.39 is 30.3 Å². The number of nitrogens with one attached hydrogen (secondary N) is 1. The van der Waals surface area contributed by atoms with E-state index in [9.17, 15) is 21.9 Å². The van der Waals surface area contributed by atoms with Gasteiger partial charge in [0.25, 0.3) is 10.1 Å². The molecule has 30 heavy (non-hydrogen) atoms. The number of aromatic hydroxyl groups is 1. The molecule has 0 saturated carbocycles. The molecule has 1 unspecified atom stereocenters. The number of anilines is 2. The number of rotatable bonds is 6. The Balaban J connectivity index is 0.00000320. The molecule has 0 aliphatic rings. The van der Waals surface area contributed by atoms with Crippen LogP contribution >= 0.6 is 0 Å².